The highest BCUT2D eigenvalue weighted by molar-refractivity contribution is 5.97. The number of imidazole rings is 1. The Kier molecular flexibility index (Phi) is 4.90. The van der Waals surface area contributed by atoms with Crippen LogP contribution in [0.1, 0.15) is 34.7 Å². The van der Waals surface area contributed by atoms with E-state index >= 15 is 0 Å². The van der Waals surface area contributed by atoms with Crippen molar-refractivity contribution in [3.63, 3.8) is 0 Å². The zero-order valence-electron chi connectivity index (χ0n) is 13.4. The highest BCUT2D eigenvalue weighted by Gasteiger charge is 2.30. The number of Topliss-reactive ketones (excluding diaryl/α,β-unsaturated/α-hetero) is 1. The van der Waals surface area contributed by atoms with Crippen molar-refractivity contribution in [2.45, 2.75) is 33.4 Å². The molecule has 2 rings (SSSR count). The lowest BCUT2D eigenvalue weighted by Crippen LogP contribution is -2.43. The number of nitro groups is 1. The molecule has 7 heteroatoms. The van der Waals surface area contributed by atoms with Crippen LogP contribution >= 0.6 is 0 Å². The minimum Gasteiger partial charge on any atom is -0.392 e. The Labute approximate surface area is 134 Å². The molecule has 0 amide bonds. The fourth-order valence-corrected chi connectivity index (χ4v) is 2.59. The van der Waals surface area contributed by atoms with E-state index in [1.807, 2.05) is 19.1 Å². The largest absolute Gasteiger partial charge is 0.392 e. The summed E-state index contributed by atoms with van der Waals surface area (Å²) in [6.45, 7) is 5.25. The summed E-state index contributed by atoms with van der Waals surface area (Å²) in [5.74, 6) is 0.299. The molecule has 0 bridgehead atoms. The number of aromatic nitrogens is 2. The molecule has 1 N–H and O–H groups in total. The number of carbonyl (C=O) groups excluding carboxylic acids is 1. The third-order valence-electron chi connectivity index (χ3n) is 3.94. The monoisotopic (exact) mass is 318 g/mol. The minimum atomic E-state index is -0.573. The molecule has 1 aromatic carbocycles. The Morgan fingerprint density at radius 2 is 1.96 bits per heavy atom. The molecule has 0 unspecified atom stereocenters. The summed E-state index contributed by atoms with van der Waals surface area (Å²) in [5.41, 5.74) is 1.62. The Balaban J connectivity index is 2.40. The van der Waals surface area contributed by atoms with Crippen molar-refractivity contribution in [1.29, 1.82) is 0 Å². The van der Waals surface area contributed by atoms with Gasteiger partial charge < -0.3 is 15.2 Å². The molecule has 1 atom stereocenters. The molecule has 0 saturated carbocycles. The number of aliphatic hydroxyl groups is 1. The normalized spacial score (nSPS) is 12.2. The second-order valence-electron chi connectivity index (χ2n) is 5.48. The van der Waals surface area contributed by atoms with Crippen molar-refractivity contribution < 1.29 is 19.4 Å². The standard InChI is InChI=1S/C16H20N3O4/c1-11-4-6-14(7-5-11)16(21)12(2)18-10-15(19(22)23)17(8-9-20)13(18)3/h4-7,10,12,20H,8-9H2,1-3H3/q+1/t12-/m1/s1. The van der Waals surface area contributed by atoms with Gasteiger partial charge in [0.15, 0.2) is 12.2 Å². The zero-order chi connectivity index (χ0) is 17.1. The fraction of sp³-hybridized carbons (Fsp3) is 0.375. The molecule has 0 aliphatic heterocycles. The van der Waals surface area contributed by atoms with Gasteiger partial charge in [-0.15, -0.1) is 0 Å². The van der Waals surface area contributed by atoms with E-state index in [-0.39, 0.29) is 24.8 Å². The van der Waals surface area contributed by atoms with Crippen molar-refractivity contribution in [2.75, 3.05) is 6.61 Å². The molecular formula is C16H20N3O4+. The van der Waals surface area contributed by atoms with Crippen LogP contribution in [0.15, 0.2) is 30.5 Å². The van der Waals surface area contributed by atoms with Gasteiger partial charge in [0, 0.05) is 12.5 Å². The van der Waals surface area contributed by atoms with Crippen molar-refractivity contribution >= 4 is 11.6 Å². The first-order valence-electron chi connectivity index (χ1n) is 7.34. The lowest BCUT2D eigenvalue weighted by atomic mass is 10.0. The number of aryl methyl sites for hydroxylation is 1. The van der Waals surface area contributed by atoms with Crippen LogP contribution in [0.2, 0.25) is 0 Å². The van der Waals surface area contributed by atoms with Gasteiger partial charge in [0.05, 0.1) is 6.61 Å². The van der Waals surface area contributed by atoms with Crippen LogP contribution < -0.4 is 4.57 Å². The molecule has 0 saturated heterocycles. The maximum Gasteiger partial charge on any atom is 0.365 e. The predicted molar refractivity (Wildman–Crippen MR) is 83.3 cm³/mol. The van der Waals surface area contributed by atoms with E-state index < -0.39 is 11.0 Å². The Morgan fingerprint density at radius 3 is 2.48 bits per heavy atom. The molecule has 122 valence electrons. The van der Waals surface area contributed by atoms with Gasteiger partial charge >= 0.3 is 5.82 Å². The van der Waals surface area contributed by atoms with Gasteiger partial charge in [-0.05, 0) is 18.8 Å². The maximum absolute atomic E-state index is 12.6. The van der Waals surface area contributed by atoms with Crippen molar-refractivity contribution in [2.24, 2.45) is 0 Å². The lowest BCUT2D eigenvalue weighted by Gasteiger charge is -2.09. The van der Waals surface area contributed by atoms with Gasteiger partial charge in [-0.2, -0.15) is 4.57 Å². The van der Waals surface area contributed by atoms with Crippen LogP contribution in [0.4, 0.5) is 5.82 Å². The number of aliphatic hydroxyl groups excluding tert-OH is 1. The van der Waals surface area contributed by atoms with E-state index in [0.717, 1.165) is 5.56 Å². The van der Waals surface area contributed by atoms with Crippen LogP contribution in [0, 0.1) is 24.0 Å². The summed E-state index contributed by atoms with van der Waals surface area (Å²) < 4.78 is 2.98. The third kappa shape index (κ3) is 3.29. The fourth-order valence-electron chi connectivity index (χ4n) is 2.59. The van der Waals surface area contributed by atoms with Crippen molar-refractivity contribution in [3.05, 3.63) is 57.5 Å². The topological polar surface area (TPSA) is 89.3 Å². The van der Waals surface area contributed by atoms with E-state index in [1.54, 1.807) is 30.5 Å². The first kappa shape index (κ1) is 16.8. The molecule has 0 radical (unpaired) electrons. The van der Waals surface area contributed by atoms with Gasteiger partial charge in [0.25, 0.3) is 5.82 Å². The highest BCUT2D eigenvalue weighted by Crippen LogP contribution is 2.17. The van der Waals surface area contributed by atoms with Crippen LogP contribution in [0.3, 0.4) is 0 Å². The molecule has 2 aromatic rings. The van der Waals surface area contributed by atoms with Gasteiger partial charge in [-0.1, -0.05) is 29.8 Å². The quantitative estimate of drug-likeness (QED) is 0.380. The molecule has 0 aliphatic rings. The summed E-state index contributed by atoms with van der Waals surface area (Å²) in [7, 11) is 0. The van der Waals surface area contributed by atoms with E-state index in [4.69, 9.17) is 5.11 Å². The van der Waals surface area contributed by atoms with Gasteiger partial charge in [0.1, 0.15) is 6.54 Å². The van der Waals surface area contributed by atoms with Crippen molar-refractivity contribution in [3.8, 4) is 0 Å². The van der Waals surface area contributed by atoms with Gasteiger partial charge in [-0.25, -0.2) is 4.57 Å². The number of carbonyl (C=O) groups is 1. The molecule has 23 heavy (non-hydrogen) atoms. The molecule has 0 fully saturated rings. The molecule has 7 nitrogen and oxygen atoms in total. The van der Waals surface area contributed by atoms with E-state index in [2.05, 4.69) is 0 Å². The van der Waals surface area contributed by atoms with Crippen LogP contribution in [0.5, 0.6) is 0 Å². The maximum atomic E-state index is 12.6. The zero-order valence-corrected chi connectivity index (χ0v) is 13.4. The average molecular weight is 318 g/mol. The summed E-state index contributed by atoms with van der Waals surface area (Å²) in [6.07, 6.45) is 1.35. The minimum absolute atomic E-state index is 0.112. The van der Waals surface area contributed by atoms with Crippen LogP contribution in [-0.2, 0) is 6.54 Å². The van der Waals surface area contributed by atoms with E-state index in [9.17, 15) is 14.9 Å². The van der Waals surface area contributed by atoms with Crippen LogP contribution in [-0.4, -0.2) is 27.0 Å². The Morgan fingerprint density at radius 1 is 1.35 bits per heavy atom. The number of hydrogen-bond donors (Lipinski definition) is 1. The molecule has 0 spiro atoms. The summed E-state index contributed by atoms with van der Waals surface area (Å²) in [5, 5.41) is 20.3. The molecular weight excluding hydrogens is 298 g/mol. The molecule has 1 aromatic heterocycles. The lowest BCUT2D eigenvalue weighted by molar-refractivity contribution is -0.711. The first-order valence-corrected chi connectivity index (χ1v) is 7.34. The molecule has 1 heterocycles. The summed E-state index contributed by atoms with van der Waals surface area (Å²) in [4.78, 5) is 23.3. The van der Waals surface area contributed by atoms with Gasteiger partial charge in [0.2, 0.25) is 5.78 Å². The van der Waals surface area contributed by atoms with Crippen LogP contribution in [0.25, 0.3) is 0 Å². The third-order valence-corrected chi connectivity index (χ3v) is 3.94. The Hall–Kier alpha value is -2.54. The van der Waals surface area contributed by atoms with Gasteiger partial charge in [-0.3, -0.25) is 4.79 Å². The average Bonchev–Trinajstić information content (AvgIpc) is 2.84. The number of hydrogen-bond acceptors (Lipinski definition) is 4. The summed E-state index contributed by atoms with van der Waals surface area (Å²) in [6, 6.07) is 6.65. The summed E-state index contributed by atoms with van der Waals surface area (Å²) >= 11 is 0. The van der Waals surface area contributed by atoms with E-state index in [0.29, 0.717) is 11.4 Å². The van der Waals surface area contributed by atoms with E-state index in [1.165, 1.54) is 10.8 Å². The predicted octanol–water partition coefficient (Wildman–Crippen LogP) is 1.74. The highest BCUT2D eigenvalue weighted by atomic mass is 16.6. The number of ketones is 1. The second-order valence-corrected chi connectivity index (χ2v) is 5.48. The number of rotatable bonds is 6. The van der Waals surface area contributed by atoms with Crippen molar-refractivity contribution in [1.82, 2.24) is 4.57 Å². The first-order chi connectivity index (χ1) is 10.9. The smallest absolute Gasteiger partial charge is 0.365 e. The molecule has 0 aliphatic carbocycles. The number of benzene rings is 1. The SMILES string of the molecule is Cc1ccc(C(=O)[C@@H](C)[n+]2cc([N+](=O)[O-])n(CCO)c2C)cc1. The number of nitrogens with zero attached hydrogens (tertiary/aromatic N) is 3. The second kappa shape index (κ2) is 6.70. The Bertz CT molecular complexity index is 735.